The number of ether oxygens (including phenoxy) is 4. The molecule has 0 aliphatic carbocycles. The molecule has 0 saturated carbocycles. The fraction of sp³-hybridized carbons (Fsp3) is 0.409. The van der Waals surface area contributed by atoms with E-state index in [0.717, 1.165) is 0 Å². The summed E-state index contributed by atoms with van der Waals surface area (Å²) in [6.07, 6.45) is 0. The normalized spacial score (nSPS) is 15.8. The van der Waals surface area contributed by atoms with Gasteiger partial charge in [-0.3, -0.25) is 0 Å². The van der Waals surface area contributed by atoms with Gasteiger partial charge in [0, 0.05) is 32.2 Å². The van der Waals surface area contributed by atoms with E-state index in [1.807, 2.05) is 4.90 Å². The Morgan fingerprint density at radius 1 is 1.03 bits per heavy atom. The first-order chi connectivity index (χ1) is 15.4. The van der Waals surface area contributed by atoms with Crippen LogP contribution in [0.15, 0.2) is 41.3 Å². The second-order valence-corrected chi connectivity index (χ2v) is 9.21. The number of carbonyl (C=O) groups is 1. The molecule has 2 aliphatic heterocycles. The summed E-state index contributed by atoms with van der Waals surface area (Å²) < 4.78 is 49.1. The quantitative estimate of drug-likeness (QED) is 0.458. The summed E-state index contributed by atoms with van der Waals surface area (Å²) in [7, 11) is -3.74. The van der Waals surface area contributed by atoms with E-state index in [-0.39, 0.29) is 23.0 Å². The number of hydrogen-bond acceptors (Lipinski definition) is 8. The highest BCUT2D eigenvalue weighted by molar-refractivity contribution is 7.89. The third kappa shape index (κ3) is 4.38. The van der Waals surface area contributed by atoms with Crippen LogP contribution in [0.4, 0.5) is 5.69 Å². The third-order valence-electron chi connectivity index (χ3n) is 5.44. The molecule has 0 radical (unpaired) electrons. The first kappa shape index (κ1) is 22.4. The molecule has 2 aromatic carbocycles. The maximum absolute atomic E-state index is 13.2. The molecule has 10 heteroatoms. The molecule has 0 aromatic heterocycles. The van der Waals surface area contributed by atoms with Crippen LogP contribution >= 0.6 is 0 Å². The van der Waals surface area contributed by atoms with Gasteiger partial charge < -0.3 is 23.8 Å². The average Bonchev–Trinajstić information content (AvgIpc) is 3.28. The van der Waals surface area contributed by atoms with Crippen LogP contribution < -0.4 is 19.1 Å². The van der Waals surface area contributed by atoms with Crippen molar-refractivity contribution in [3.8, 4) is 17.2 Å². The number of anilines is 1. The van der Waals surface area contributed by atoms with Crippen molar-refractivity contribution in [2.75, 3.05) is 51.1 Å². The molecule has 172 valence electrons. The maximum atomic E-state index is 13.2. The monoisotopic (exact) mass is 462 g/mol. The van der Waals surface area contributed by atoms with Gasteiger partial charge in [-0.05, 0) is 30.3 Å². The fourth-order valence-electron chi connectivity index (χ4n) is 3.73. The predicted octanol–water partition coefficient (Wildman–Crippen LogP) is 2.50. The zero-order valence-electron chi connectivity index (χ0n) is 18.1. The molecule has 2 aromatic rings. The van der Waals surface area contributed by atoms with Crippen molar-refractivity contribution in [3.63, 3.8) is 0 Å². The third-order valence-corrected chi connectivity index (χ3v) is 7.48. The fourth-order valence-corrected chi connectivity index (χ4v) is 5.22. The number of benzene rings is 2. The minimum Gasteiger partial charge on any atom is -0.454 e. The molecule has 9 nitrogen and oxygen atoms in total. The Labute approximate surface area is 187 Å². The van der Waals surface area contributed by atoms with Crippen molar-refractivity contribution in [1.29, 1.82) is 0 Å². The molecular formula is C22H26N2O7S. The Kier molecular flexibility index (Phi) is 6.54. The molecule has 1 fully saturated rings. The van der Waals surface area contributed by atoms with Gasteiger partial charge >= 0.3 is 5.97 Å². The predicted molar refractivity (Wildman–Crippen MR) is 117 cm³/mol. The summed E-state index contributed by atoms with van der Waals surface area (Å²) >= 11 is 0. The largest absolute Gasteiger partial charge is 0.454 e. The van der Waals surface area contributed by atoms with Crippen LogP contribution in [-0.2, 0) is 14.8 Å². The van der Waals surface area contributed by atoms with Crippen LogP contribution in [-0.4, -0.2) is 64.9 Å². The Morgan fingerprint density at radius 2 is 1.75 bits per heavy atom. The number of sulfonamides is 1. The zero-order valence-corrected chi connectivity index (χ0v) is 18.9. The molecule has 2 heterocycles. The van der Waals surface area contributed by atoms with Crippen LogP contribution in [0.5, 0.6) is 17.2 Å². The lowest BCUT2D eigenvalue weighted by molar-refractivity contribution is 0.0733. The van der Waals surface area contributed by atoms with Gasteiger partial charge in [-0.25, -0.2) is 13.2 Å². The van der Waals surface area contributed by atoms with Gasteiger partial charge in [0.05, 0.1) is 29.4 Å². The van der Waals surface area contributed by atoms with Crippen molar-refractivity contribution in [1.82, 2.24) is 4.31 Å². The highest BCUT2D eigenvalue weighted by Crippen LogP contribution is 2.36. The minimum absolute atomic E-state index is 0.0517. The Bertz CT molecular complexity index is 1090. The van der Waals surface area contributed by atoms with Crippen molar-refractivity contribution in [2.24, 2.45) is 0 Å². The van der Waals surface area contributed by atoms with Gasteiger partial charge in [0.25, 0.3) is 0 Å². The van der Waals surface area contributed by atoms with E-state index in [9.17, 15) is 13.2 Å². The number of carbonyl (C=O) groups excluding carboxylic acids is 1. The Balaban J connectivity index is 1.70. The molecule has 0 amide bonds. The number of esters is 1. The smallest absolute Gasteiger partial charge is 0.345 e. The molecule has 0 unspecified atom stereocenters. The topological polar surface area (TPSA) is 94.6 Å². The number of nitrogens with zero attached hydrogens (tertiary/aromatic N) is 2. The highest BCUT2D eigenvalue weighted by Gasteiger charge is 2.27. The lowest BCUT2D eigenvalue weighted by Crippen LogP contribution is -2.37. The van der Waals surface area contributed by atoms with Gasteiger partial charge in [0.2, 0.25) is 16.8 Å². The molecule has 0 spiro atoms. The van der Waals surface area contributed by atoms with Crippen molar-refractivity contribution >= 4 is 21.7 Å². The van der Waals surface area contributed by atoms with Crippen molar-refractivity contribution < 1.29 is 32.2 Å². The summed E-state index contributed by atoms with van der Waals surface area (Å²) in [4.78, 5) is 15.3. The van der Waals surface area contributed by atoms with Gasteiger partial charge in [0.15, 0.2) is 11.5 Å². The van der Waals surface area contributed by atoms with E-state index >= 15 is 0 Å². The van der Waals surface area contributed by atoms with E-state index in [2.05, 4.69) is 0 Å². The van der Waals surface area contributed by atoms with Crippen molar-refractivity contribution in [2.45, 2.75) is 18.7 Å². The summed E-state index contributed by atoms with van der Waals surface area (Å²) in [5.41, 5.74) is 0.787. The minimum atomic E-state index is -3.74. The molecule has 0 bridgehead atoms. The summed E-state index contributed by atoms with van der Waals surface area (Å²) in [5, 5.41) is 0. The van der Waals surface area contributed by atoms with E-state index in [1.165, 1.54) is 16.4 Å². The molecule has 4 rings (SSSR count). The van der Waals surface area contributed by atoms with Gasteiger partial charge in [-0.15, -0.1) is 0 Å². The first-order valence-corrected chi connectivity index (χ1v) is 12.0. The number of morpholine rings is 1. The number of hydrogen-bond donors (Lipinski definition) is 0. The molecule has 0 atom stereocenters. The van der Waals surface area contributed by atoms with E-state index in [1.54, 1.807) is 38.1 Å². The maximum Gasteiger partial charge on any atom is 0.345 e. The lowest BCUT2D eigenvalue weighted by Gasteiger charge is -2.30. The summed E-state index contributed by atoms with van der Waals surface area (Å²) in [6, 6.07) is 9.44. The molecule has 0 N–H and O–H groups in total. The lowest BCUT2D eigenvalue weighted by atomic mass is 10.1. The Morgan fingerprint density at radius 3 is 2.47 bits per heavy atom. The van der Waals surface area contributed by atoms with Gasteiger partial charge in [-0.1, -0.05) is 13.8 Å². The second-order valence-electron chi connectivity index (χ2n) is 7.27. The van der Waals surface area contributed by atoms with Gasteiger partial charge in [0.1, 0.15) is 5.75 Å². The van der Waals surface area contributed by atoms with Gasteiger partial charge in [-0.2, -0.15) is 4.31 Å². The zero-order chi connectivity index (χ0) is 22.7. The highest BCUT2D eigenvalue weighted by atomic mass is 32.2. The summed E-state index contributed by atoms with van der Waals surface area (Å²) in [5.74, 6) is 0.693. The van der Waals surface area contributed by atoms with E-state index in [0.29, 0.717) is 56.6 Å². The SMILES string of the molecule is CCN(CC)S(=O)(=O)c1ccc(N2CCOCC2)c(C(=O)Oc2ccc3c(c2)OCO3)c1. The Hall–Kier alpha value is -2.82. The number of rotatable bonds is 7. The van der Waals surface area contributed by atoms with Crippen LogP contribution in [0.2, 0.25) is 0 Å². The van der Waals surface area contributed by atoms with Crippen LogP contribution in [0.25, 0.3) is 0 Å². The first-order valence-electron chi connectivity index (χ1n) is 10.5. The van der Waals surface area contributed by atoms with Crippen LogP contribution in [0.1, 0.15) is 24.2 Å². The average molecular weight is 463 g/mol. The standard InChI is InChI=1S/C22H26N2O7S/c1-3-24(4-2)32(26,27)17-6-7-19(23-9-11-28-12-10-23)18(14-17)22(25)31-16-5-8-20-21(13-16)30-15-29-20/h5-8,13-14H,3-4,9-12,15H2,1-2H3. The molecular weight excluding hydrogens is 436 g/mol. The summed E-state index contributed by atoms with van der Waals surface area (Å²) in [6.45, 7) is 6.56. The molecule has 1 saturated heterocycles. The van der Waals surface area contributed by atoms with E-state index < -0.39 is 16.0 Å². The second kappa shape index (κ2) is 9.35. The van der Waals surface area contributed by atoms with Crippen molar-refractivity contribution in [3.05, 3.63) is 42.0 Å². The van der Waals surface area contributed by atoms with E-state index in [4.69, 9.17) is 18.9 Å². The molecule has 32 heavy (non-hydrogen) atoms. The molecule has 2 aliphatic rings. The van der Waals surface area contributed by atoms with Crippen LogP contribution in [0.3, 0.4) is 0 Å². The number of fused-ring (bicyclic) bond motifs is 1. The van der Waals surface area contributed by atoms with Crippen LogP contribution in [0, 0.1) is 0 Å².